The first-order valence-corrected chi connectivity index (χ1v) is 11.1. The summed E-state index contributed by atoms with van der Waals surface area (Å²) >= 11 is 13.3. The molecule has 1 aliphatic carbocycles. The first-order valence-electron chi connectivity index (χ1n) is 10.3. The smallest absolute Gasteiger partial charge is 0.255 e. The molecule has 2 aromatic rings. The average molecular weight is 486 g/mol. The summed E-state index contributed by atoms with van der Waals surface area (Å²) in [6.07, 6.45) is 16.2. The predicted molar refractivity (Wildman–Crippen MR) is 115 cm³/mol. The molecule has 154 valence electrons. The molecule has 0 aliphatic heterocycles. The van der Waals surface area contributed by atoms with Crippen LogP contribution in [-0.4, -0.2) is 4.57 Å². The number of halogens is 3. The minimum atomic E-state index is -0.151. The maximum absolute atomic E-state index is 6.70. The number of aromatic nitrogens is 2. The number of aryl methyl sites for hydroxylation is 1. The first-order chi connectivity index (χ1) is 13.1. The standard InChI is InChI=1S/C23H31Cl2N2.BrH/c1-3-5-6-7-8-11-16-26-18-27(22(25)21(26)24)23(4-2)15-14-19-12-9-10-13-20(19)17-23;/h9-10,12-15,18H,3-8,11,16-17H2,1-2H3;1H/q+1;/p-1. The van der Waals surface area contributed by atoms with Gasteiger partial charge in [0.05, 0.1) is 6.54 Å². The quantitative estimate of drug-likeness (QED) is 0.377. The number of imidazole rings is 1. The van der Waals surface area contributed by atoms with Gasteiger partial charge in [0.15, 0.2) is 0 Å². The topological polar surface area (TPSA) is 8.81 Å². The number of hydrogen-bond acceptors (Lipinski definition) is 0. The second-order valence-electron chi connectivity index (χ2n) is 7.69. The number of allylic oxidation sites excluding steroid dienone is 1. The molecule has 1 aromatic carbocycles. The van der Waals surface area contributed by atoms with Crippen molar-refractivity contribution in [2.75, 3.05) is 0 Å². The molecule has 0 fully saturated rings. The van der Waals surface area contributed by atoms with Gasteiger partial charge in [-0.1, -0.05) is 69.9 Å². The molecule has 0 N–H and O–H groups in total. The molecule has 5 heteroatoms. The molecule has 1 aliphatic rings. The van der Waals surface area contributed by atoms with Gasteiger partial charge < -0.3 is 17.0 Å². The van der Waals surface area contributed by atoms with Crippen molar-refractivity contribution in [2.45, 2.75) is 77.3 Å². The summed E-state index contributed by atoms with van der Waals surface area (Å²) in [7, 11) is 0. The van der Waals surface area contributed by atoms with Crippen molar-refractivity contribution < 1.29 is 21.5 Å². The van der Waals surface area contributed by atoms with Crippen LogP contribution in [0.3, 0.4) is 0 Å². The van der Waals surface area contributed by atoms with Gasteiger partial charge in [-0.15, -0.1) is 0 Å². The van der Waals surface area contributed by atoms with Gasteiger partial charge in [-0.3, -0.25) is 0 Å². The van der Waals surface area contributed by atoms with Gasteiger partial charge in [-0.25, -0.2) is 9.13 Å². The summed E-state index contributed by atoms with van der Waals surface area (Å²) in [5.41, 5.74) is 2.52. The van der Waals surface area contributed by atoms with Crippen molar-refractivity contribution in [3.8, 4) is 0 Å². The Morgan fingerprint density at radius 1 is 1.04 bits per heavy atom. The fraction of sp³-hybridized carbons (Fsp3) is 0.522. The summed E-state index contributed by atoms with van der Waals surface area (Å²) in [5, 5.41) is 1.30. The number of unbranched alkanes of at least 4 members (excludes halogenated alkanes) is 5. The molecule has 1 aromatic heterocycles. The third kappa shape index (κ3) is 5.04. The lowest BCUT2D eigenvalue weighted by atomic mass is 9.81. The van der Waals surface area contributed by atoms with Gasteiger partial charge in [0.25, 0.3) is 10.3 Å². The maximum Gasteiger partial charge on any atom is 0.255 e. The Morgan fingerprint density at radius 2 is 1.75 bits per heavy atom. The molecule has 0 saturated carbocycles. The molecule has 0 radical (unpaired) electrons. The van der Waals surface area contributed by atoms with E-state index in [4.69, 9.17) is 23.2 Å². The fourth-order valence-electron chi connectivity index (χ4n) is 4.06. The van der Waals surface area contributed by atoms with Crippen LogP contribution in [-0.2, 0) is 18.5 Å². The second-order valence-corrected chi connectivity index (χ2v) is 8.41. The highest BCUT2D eigenvalue weighted by Crippen LogP contribution is 2.37. The Bertz CT molecular complexity index is 800. The minimum Gasteiger partial charge on any atom is -1.00 e. The molecule has 1 heterocycles. The molecule has 2 nitrogen and oxygen atoms in total. The van der Waals surface area contributed by atoms with Crippen molar-refractivity contribution in [3.05, 3.63) is 58.1 Å². The van der Waals surface area contributed by atoms with E-state index in [1.807, 2.05) is 0 Å². The molecular formula is C23H31BrCl2N2. The Morgan fingerprint density at radius 3 is 2.50 bits per heavy atom. The average Bonchev–Trinajstić information content (AvgIpc) is 2.99. The number of hydrogen-bond donors (Lipinski definition) is 0. The molecule has 1 atom stereocenters. The lowest BCUT2D eigenvalue weighted by Crippen LogP contribution is -3.00. The molecule has 0 spiro atoms. The Hall–Kier alpha value is -0.770. The van der Waals surface area contributed by atoms with Gasteiger partial charge in [0, 0.05) is 6.42 Å². The lowest BCUT2D eigenvalue weighted by Gasteiger charge is -2.30. The zero-order valence-electron chi connectivity index (χ0n) is 16.9. The summed E-state index contributed by atoms with van der Waals surface area (Å²) in [4.78, 5) is 0. The van der Waals surface area contributed by atoms with Crippen LogP contribution in [0.1, 0.15) is 69.9 Å². The van der Waals surface area contributed by atoms with E-state index in [0.29, 0.717) is 10.3 Å². The SMILES string of the molecule is CCCCCCCC[n+]1cn(C2(CC)C=Cc3ccccc3C2)c(Cl)c1Cl.[Br-]. The second kappa shape index (κ2) is 10.8. The normalized spacial score (nSPS) is 18.0. The highest BCUT2D eigenvalue weighted by Gasteiger charge is 2.39. The highest BCUT2D eigenvalue weighted by molar-refractivity contribution is 6.39. The van der Waals surface area contributed by atoms with Crippen LogP contribution in [0.5, 0.6) is 0 Å². The molecule has 3 rings (SSSR count). The number of nitrogens with zero attached hydrogens (tertiary/aromatic N) is 2. The van der Waals surface area contributed by atoms with Crippen LogP contribution >= 0.6 is 23.2 Å². The fourth-order valence-corrected chi connectivity index (χ4v) is 4.60. The van der Waals surface area contributed by atoms with Crippen molar-refractivity contribution in [1.82, 2.24) is 4.57 Å². The molecule has 0 amide bonds. The van der Waals surface area contributed by atoms with E-state index in [2.05, 4.69) is 65.7 Å². The molecule has 0 saturated heterocycles. The number of rotatable bonds is 9. The summed E-state index contributed by atoms with van der Waals surface area (Å²) in [5.74, 6) is 0. The zero-order chi connectivity index (χ0) is 19.3. The van der Waals surface area contributed by atoms with Gasteiger partial charge in [0.2, 0.25) is 6.33 Å². The number of benzene rings is 1. The van der Waals surface area contributed by atoms with E-state index in [1.165, 1.54) is 43.2 Å². The van der Waals surface area contributed by atoms with Gasteiger partial charge in [0.1, 0.15) is 5.54 Å². The number of fused-ring (bicyclic) bond motifs is 1. The zero-order valence-corrected chi connectivity index (χ0v) is 20.0. The van der Waals surface area contributed by atoms with E-state index in [9.17, 15) is 0 Å². The molecular weight excluding hydrogens is 455 g/mol. The van der Waals surface area contributed by atoms with Gasteiger partial charge in [-0.05, 0) is 59.7 Å². The molecule has 0 bridgehead atoms. The van der Waals surface area contributed by atoms with Crippen LogP contribution in [0.15, 0.2) is 36.7 Å². The van der Waals surface area contributed by atoms with E-state index in [1.54, 1.807) is 0 Å². The summed E-state index contributed by atoms with van der Waals surface area (Å²) < 4.78 is 4.30. The van der Waals surface area contributed by atoms with E-state index >= 15 is 0 Å². The maximum atomic E-state index is 6.70. The van der Waals surface area contributed by atoms with Crippen molar-refractivity contribution >= 4 is 29.3 Å². The molecule has 28 heavy (non-hydrogen) atoms. The summed E-state index contributed by atoms with van der Waals surface area (Å²) in [6, 6.07) is 8.60. The third-order valence-corrected chi connectivity index (χ3v) is 6.71. The Balaban J connectivity index is 0.00000280. The Kier molecular flexibility index (Phi) is 9.11. The minimum absolute atomic E-state index is 0. The van der Waals surface area contributed by atoms with Crippen molar-refractivity contribution in [3.63, 3.8) is 0 Å². The van der Waals surface area contributed by atoms with Crippen LogP contribution in [0.4, 0.5) is 0 Å². The van der Waals surface area contributed by atoms with Crippen LogP contribution < -0.4 is 21.5 Å². The van der Waals surface area contributed by atoms with Crippen molar-refractivity contribution in [1.29, 1.82) is 0 Å². The van der Waals surface area contributed by atoms with Crippen LogP contribution in [0.2, 0.25) is 10.3 Å². The van der Waals surface area contributed by atoms with Gasteiger partial charge in [-0.2, -0.15) is 0 Å². The van der Waals surface area contributed by atoms with Gasteiger partial charge >= 0.3 is 0 Å². The third-order valence-electron chi connectivity index (χ3n) is 5.86. The highest BCUT2D eigenvalue weighted by atomic mass is 79.9. The molecule has 1 unspecified atom stereocenters. The first kappa shape index (κ1) is 23.5. The van der Waals surface area contributed by atoms with E-state index < -0.39 is 0 Å². The monoisotopic (exact) mass is 484 g/mol. The Labute approximate surface area is 190 Å². The van der Waals surface area contributed by atoms with Crippen molar-refractivity contribution in [2.24, 2.45) is 0 Å². The lowest BCUT2D eigenvalue weighted by molar-refractivity contribution is -0.695. The summed E-state index contributed by atoms with van der Waals surface area (Å²) in [6.45, 7) is 5.40. The van der Waals surface area contributed by atoms with E-state index in [-0.39, 0.29) is 22.5 Å². The van der Waals surface area contributed by atoms with Crippen LogP contribution in [0.25, 0.3) is 6.08 Å². The largest absolute Gasteiger partial charge is 1.00 e. The van der Waals surface area contributed by atoms with Crippen LogP contribution in [0, 0.1) is 0 Å². The van der Waals surface area contributed by atoms with E-state index in [0.717, 1.165) is 25.8 Å². The predicted octanol–water partition coefficient (Wildman–Crippen LogP) is 3.82.